The summed E-state index contributed by atoms with van der Waals surface area (Å²) in [6.45, 7) is 1.77. The monoisotopic (exact) mass is 189 g/mol. The van der Waals surface area contributed by atoms with E-state index in [1.54, 1.807) is 13.0 Å². The Labute approximate surface area is 73.7 Å². The Bertz CT molecular complexity index is 270. The third-order valence-corrected chi connectivity index (χ3v) is 2.08. The summed E-state index contributed by atoms with van der Waals surface area (Å²) in [7, 11) is 0. The van der Waals surface area contributed by atoms with Gasteiger partial charge in [-0.25, -0.2) is 4.39 Å². The van der Waals surface area contributed by atoms with Crippen LogP contribution >= 0.6 is 12.0 Å². The normalized spacial score (nSPS) is 10.2. The first kappa shape index (κ1) is 9.47. The Balaban J connectivity index is 2.72. The molecule has 0 fully saturated rings. The highest BCUT2D eigenvalue weighted by molar-refractivity contribution is 7.94. The zero-order chi connectivity index (χ0) is 8.97. The van der Waals surface area contributed by atoms with Crippen molar-refractivity contribution in [3.05, 3.63) is 29.6 Å². The number of halogens is 1. The maximum atomic E-state index is 12.6. The van der Waals surface area contributed by atoms with Crippen molar-refractivity contribution in [3.63, 3.8) is 0 Å². The van der Waals surface area contributed by atoms with Gasteiger partial charge in [-0.15, -0.1) is 9.32 Å². The molecule has 0 aliphatic heterocycles. The Kier molecular flexibility index (Phi) is 3.48. The molecule has 0 saturated heterocycles. The fraction of sp³-hybridized carbons (Fsp3) is 0.143. The fourth-order valence-electron chi connectivity index (χ4n) is 0.763. The van der Waals surface area contributed by atoms with Crippen molar-refractivity contribution >= 4 is 12.0 Å². The van der Waals surface area contributed by atoms with E-state index in [1.807, 2.05) is 0 Å². The van der Waals surface area contributed by atoms with Crippen LogP contribution in [-0.4, -0.2) is 0 Å². The third-order valence-electron chi connectivity index (χ3n) is 1.30. The van der Waals surface area contributed by atoms with Gasteiger partial charge in [-0.1, -0.05) is 0 Å². The van der Waals surface area contributed by atoms with Crippen LogP contribution in [0.3, 0.4) is 0 Å². The highest BCUT2D eigenvalue weighted by Gasteiger charge is 2.01. The summed E-state index contributed by atoms with van der Waals surface area (Å²) in [4.78, 5) is 4.67. The van der Waals surface area contributed by atoms with E-state index in [9.17, 15) is 4.39 Å². The van der Waals surface area contributed by atoms with Crippen LogP contribution in [0.5, 0.6) is 0 Å². The second kappa shape index (κ2) is 4.42. The Hall–Kier alpha value is -0.620. The largest absolute Gasteiger partial charge is 0.207 e. The van der Waals surface area contributed by atoms with E-state index in [0.717, 1.165) is 22.5 Å². The number of aryl methyl sites for hydroxylation is 1. The van der Waals surface area contributed by atoms with Gasteiger partial charge in [-0.2, -0.15) is 5.90 Å². The van der Waals surface area contributed by atoms with Gasteiger partial charge in [0.2, 0.25) is 0 Å². The molecule has 0 atom stereocenters. The molecule has 12 heavy (non-hydrogen) atoms. The number of hydrogen-bond acceptors (Lipinski definition) is 4. The summed E-state index contributed by atoms with van der Waals surface area (Å²) in [6, 6.07) is 4.34. The number of nitrogens with two attached hydrogens (primary N) is 1. The zero-order valence-electron chi connectivity index (χ0n) is 6.41. The lowest BCUT2D eigenvalue weighted by Gasteiger charge is -2.01. The van der Waals surface area contributed by atoms with Crippen molar-refractivity contribution in [2.24, 2.45) is 5.90 Å². The van der Waals surface area contributed by atoms with Gasteiger partial charge < -0.3 is 0 Å². The molecular weight excluding hydrogens is 181 g/mol. The molecule has 0 saturated carbocycles. The standard InChI is InChI=1S/C7H8FNO2S/c1-5-4-6(8)2-3-7(5)12-11-10-9/h2-4H,9H2,1H3. The molecule has 0 aromatic heterocycles. The summed E-state index contributed by atoms with van der Waals surface area (Å²) in [6.07, 6.45) is 0. The van der Waals surface area contributed by atoms with Crippen LogP contribution in [0, 0.1) is 12.7 Å². The molecule has 0 aliphatic carbocycles. The van der Waals surface area contributed by atoms with Gasteiger partial charge in [-0.05, 0) is 30.7 Å². The van der Waals surface area contributed by atoms with Crippen LogP contribution in [0.1, 0.15) is 5.56 Å². The molecule has 0 bridgehead atoms. The second-order valence-corrected chi connectivity index (χ2v) is 2.90. The summed E-state index contributed by atoms with van der Waals surface area (Å²) in [5.41, 5.74) is 0.775. The van der Waals surface area contributed by atoms with Crippen molar-refractivity contribution in [2.75, 3.05) is 0 Å². The molecule has 0 amide bonds. The van der Waals surface area contributed by atoms with E-state index in [1.165, 1.54) is 12.1 Å². The second-order valence-electron chi connectivity index (χ2n) is 2.16. The van der Waals surface area contributed by atoms with Crippen molar-refractivity contribution in [1.29, 1.82) is 0 Å². The van der Waals surface area contributed by atoms with E-state index in [4.69, 9.17) is 0 Å². The van der Waals surface area contributed by atoms with Crippen LogP contribution in [0.15, 0.2) is 23.1 Å². The third kappa shape index (κ3) is 2.46. The van der Waals surface area contributed by atoms with Gasteiger partial charge in [0.05, 0.1) is 12.0 Å². The van der Waals surface area contributed by atoms with Crippen LogP contribution in [0.25, 0.3) is 0 Å². The van der Waals surface area contributed by atoms with Crippen LogP contribution in [0.4, 0.5) is 4.39 Å². The summed E-state index contributed by atoms with van der Waals surface area (Å²) in [5.74, 6) is 4.37. The molecule has 0 unspecified atom stereocenters. The summed E-state index contributed by atoms with van der Waals surface area (Å²) < 4.78 is 17.0. The molecule has 2 N–H and O–H groups in total. The van der Waals surface area contributed by atoms with Gasteiger partial charge in [0.1, 0.15) is 5.82 Å². The van der Waals surface area contributed by atoms with E-state index in [0.29, 0.717) is 0 Å². The molecule has 5 heteroatoms. The minimum absolute atomic E-state index is 0.273. The van der Waals surface area contributed by atoms with Gasteiger partial charge in [-0.3, -0.25) is 0 Å². The first-order valence-electron chi connectivity index (χ1n) is 3.20. The topological polar surface area (TPSA) is 44.5 Å². The maximum Gasteiger partial charge on any atom is 0.123 e. The molecule has 0 heterocycles. The first-order valence-corrected chi connectivity index (χ1v) is 3.94. The van der Waals surface area contributed by atoms with Crippen molar-refractivity contribution in [1.82, 2.24) is 0 Å². The number of benzene rings is 1. The lowest BCUT2D eigenvalue weighted by molar-refractivity contribution is -0.195. The van der Waals surface area contributed by atoms with Gasteiger partial charge in [0, 0.05) is 4.90 Å². The van der Waals surface area contributed by atoms with Crippen LogP contribution in [-0.2, 0) is 9.32 Å². The highest BCUT2D eigenvalue weighted by atomic mass is 32.2. The lowest BCUT2D eigenvalue weighted by atomic mass is 10.2. The predicted octanol–water partition coefficient (Wildman–Crippen LogP) is 1.96. The smallest absolute Gasteiger partial charge is 0.123 e. The minimum Gasteiger partial charge on any atom is -0.207 e. The Morgan fingerprint density at radius 3 is 2.83 bits per heavy atom. The van der Waals surface area contributed by atoms with Gasteiger partial charge in [0.25, 0.3) is 0 Å². The molecule has 1 aromatic rings. The SMILES string of the molecule is Cc1cc(F)ccc1SOON. The van der Waals surface area contributed by atoms with Crippen LogP contribution in [0.2, 0.25) is 0 Å². The van der Waals surface area contributed by atoms with Gasteiger partial charge in [0.15, 0.2) is 0 Å². The molecule has 1 aromatic carbocycles. The Morgan fingerprint density at radius 2 is 2.25 bits per heavy atom. The molecule has 0 aliphatic rings. The van der Waals surface area contributed by atoms with E-state index < -0.39 is 0 Å². The number of rotatable bonds is 3. The maximum absolute atomic E-state index is 12.6. The molecule has 0 spiro atoms. The average molecular weight is 189 g/mol. The molecule has 0 radical (unpaired) electrons. The quantitative estimate of drug-likeness (QED) is 0.448. The first-order chi connectivity index (χ1) is 5.74. The van der Waals surface area contributed by atoms with E-state index >= 15 is 0 Å². The summed E-state index contributed by atoms with van der Waals surface area (Å²) >= 11 is 0.942. The highest BCUT2D eigenvalue weighted by Crippen LogP contribution is 2.23. The lowest BCUT2D eigenvalue weighted by Crippen LogP contribution is -1.94. The molecule has 3 nitrogen and oxygen atoms in total. The van der Waals surface area contributed by atoms with Crippen LogP contribution < -0.4 is 5.90 Å². The summed E-state index contributed by atoms with van der Waals surface area (Å²) in [5, 5.41) is 0. The minimum atomic E-state index is -0.273. The molecular formula is C7H8FNO2S. The molecule has 66 valence electrons. The van der Waals surface area contributed by atoms with E-state index in [2.05, 4.69) is 15.2 Å². The van der Waals surface area contributed by atoms with Gasteiger partial charge >= 0.3 is 0 Å². The zero-order valence-corrected chi connectivity index (χ0v) is 7.23. The predicted molar refractivity (Wildman–Crippen MR) is 43.4 cm³/mol. The molecule has 1 rings (SSSR count). The average Bonchev–Trinajstić information content (AvgIpc) is 2.03. The fourth-order valence-corrected chi connectivity index (χ4v) is 1.19. The van der Waals surface area contributed by atoms with Crippen molar-refractivity contribution in [3.8, 4) is 0 Å². The van der Waals surface area contributed by atoms with Crippen molar-refractivity contribution in [2.45, 2.75) is 11.8 Å². The Morgan fingerprint density at radius 1 is 1.50 bits per heavy atom. The van der Waals surface area contributed by atoms with Crippen molar-refractivity contribution < 1.29 is 13.7 Å². The van der Waals surface area contributed by atoms with E-state index in [-0.39, 0.29) is 5.82 Å². The number of hydrogen-bond donors (Lipinski definition) is 1.